The van der Waals surface area contributed by atoms with Crippen molar-refractivity contribution in [3.8, 4) is 11.5 Å². The second-order valence-corrected chi connectivity index (χ2v) is 6.31. The largest absolute Gasteiger partial charge is 0.497 e. The number of nitrogens with zero attached hydrogens (tertiary/aromatic N) is 1. The number of methoxy groups -OCH3 is 2. The molecule has 0 spiro atoms. The highest BCUT2D eigenvalue weighted by Gasteiger charge is 2.09. The maximum atomic E-state index is 12.0. The Hall–Kier alpha value is -2.28. The predicted octanol–water partition coefficient (Wildman–Crippen LogP) is 3.61. The van der Waals surface area contributed by atoms with Gasteiger partial charge in [0.05, 0.1) is 14.2 Å². The average molecular weight is 335 g/mol. The Kier molecular flexibility index (Phi) is 5.81. The van der Waals surface area contributed by atoms with Crippen molar-refractivity contribution in [3.63, 3.8) is 0 Å². The molecule has 7 heteroatoms. The maximum absolute atomic E-state index is 12.0. The second kappa shape index (κ2) is 7.82. The molecular formula is C16H21N3O3S. The third-order valence-electron chi connectivity index (χ3n) is 3.18. The van der Waals surface area contributed by atoms with Crippen LogP contribution in [0.25, 0.3) is 0 Å². The van der Waals surface area contributed by atoms with Crippen molar-refractivity contribution in [3.05, 3.63) is 34.8 Å². The number of aromatic nitrogens is 1. The van der Waals surface area contributed by atoms with Gasteiger partial charge in [0.25, 0.3) is 0 Å². The van der Waals surface area contributed by atoms with Crippen molar-refractivity contribution in [2.45, 2.75) is 26.3 Å². The molecule has 0 saturated heterocycles. The molecule has 1 aromatic heterocycles. The van der Waals surface area contributed by atoms with Crippen molar-refractivity contribution < 1.29 is 14.3 Å². The number of amides is 2. The molecule has 0 aliphatic rings. The number of anilines is 1. The summed E-state index contributed by atoms with van der Waals surface area (Å²) in [6.07, 6.45) is 1.79. The van der Waals surface area contributed by atoms with E-state index in [0.717, 1.165) is 10.4 Å². The number of rotatable bonds is 6. The lowest BCUT2D eigenvalue weighted by atomic mass is 10.2. The summed E-state index contributed by atoms with van der Waals surface area (Å²) in [4.78, 5) is 17.3. The molecule has 0 saturated carbocycles. The summed E-state index contributed by atoms with van der Waals surface area (Å²) < 4.78 is 10.4. The number of benzene rings is 1. The number of nitrogens with one attached hydrogen (secondary N) is 2. The molecule has 2 rings (SSSR count). The second-order valence-electron chi connectivity index (χ2n) is 5.25. The molecule has 0 unspecified atom stereocenters. The predicted molar refractivity (Wildman–Crippen MR) is 91.6 cm³/mol. The van der Waals surface area contributed by atoms with Crippen molar-refractivity contribution in [1.82, 2.24) is 10.3 Å². The summed E-state index contributed by atoms with van der Waals surface area (Å²) >= 11 is 1.48. The van der Waals surface area contributed by atoms with Crippen LogP contribution in [-0.2, 0) is 6.54 Å². The molecule has 0 aliphatic carbocycles. The van der Waals surface area contributed by atoms with Gasteiger partial charge >= 0.3 is 6.03 Å². The van der Waals surface area contributed by atoms with Crippen LogP contribution in [0.5, 0.6) is 11.5 Å². The van der Waals surface area contributed by atoms with E-state index >= 15 is 0 Å². The van der Waals surface area contributed by atoms with Crippen LogP contribution in [0.3, 0.4) is 0 Å². The van der Waals surface area contributed by atoms with E-state index < -0.39 is 0 Å². The van der Waals surface area contributed by atoms with E-state index in [1.807, 2.05) is 12.1 Å². The van der Waals surface area contributed by atoms with Gasteiger partial charge in [0, 0.05) is 23.7 Å². The Morgan fingerprint density at radius 3 is 2.39 bits per heavy atom. The van der Waals surface area contributed by atoms with E-state index in [0.29, 0.717) is 29.1 Å². The van der Waals surface area contributed by atoms with Crippen molar-refractivity contribution in [2.24, 2.45) is 0 Å². The highest BCUT2D eigenvalue weighted by Crippen LogP contribution is 2.25. The summed E-state index contributed by atoms with van der Waals surface area (Å²) in [5.74, 6) is 1.77. The van der Waals surface area contributed by atoms with Gasteiger partial charge in [-0.1, -0.05) is 13.8 Å². The molecule has 23 heavy (non-hydrogen) atoms. The lowest BCUT2D eigenvalue weighted by molar-refractivity contribution is 0.251. The minimum absolute atomic E-state index is 0.295. The molecule has 0 atom stereocenters. The van der Waals surface area contributed by atoms with Gasteiger partial charge in [-0.15, -0.1) is 11.3 Å². The number of hydrogen-bond acceptors (Lipinski definition) is 5. The van der Waals surface area contributed by atoms with E-state index in [1.54, 1.807) is 26.5 Å². The first-order chi connectivity index (χ1) is 11.0. The lowest BCUT2D eigenvalue weighted by Gasteiger charge is -2.09. The van der Waals surface area contributed by atoms with Crippen LogP contribution >= 0.6 is 11.3 Å². The quantitative estimate of drug-likeness (QED) is 0.846. The fraction of sp³-hybridized carbons (Fsp3) is 0.375. The zero-order valence-electron chi connectivity index (χ0n) is 13.7. The van der Waals surface area contributed by atoms with Crippen LogP contribution in [0.15, 0.2) is 24.4 Å². The van der Waals surface area contributed by atoms with E-state index in [1.165, 1.54) is 11.3 Å². The van der Waals surface area contributed by atoms with Crippen LogP contribution in [0.4, 0.5) is 9.93 Å². The molecule has 2 N–H and O–H groups in total. The molecule has 0 aliphatic heterocycles. The van der Waals surface area contributed by atoms with Crippen molar-refractivity contribution in [1.29, 1.82) is 0 Å². The highest BCUT2D eigenvalue weighted by atomic mass is 32.1. The minimum atomic E-state index is -0.295. The van der Waals surface area contributed by atoms with Gasteiger partial charge in [-0.05, 0) is 23.6 Å². The van der Waals surface area contributed by atoms with Crippen LogP contribution < -0.4 is 20.1 Å². The monoisotopic (exact) mass is 335 g/mol. The van der Waals surface area contributed by atoms with Gasteiger partial charge in [0.2, 0.25) is 0 Å². The van der Waals surface area contributed by atoms with E-state index in [-0.39, 0.29) is 6.03 Å². The molecule has 124 valence electrons. The number of thiazole rings is 1. The molecule has 0 radical (unpaired) electrons. The lowest BCUT2D eigenvalue weighted by Crippen LogP contribution is -2.28. The van der Waals surface area contributed by atoms with Crippen molar-refractivity contribution >= 4 is 22.5 Å². The summed E-state index contributed by atoms with van der Waals surface area (Å²) in [7, 11) is 3.18. The number of carbonyl (C=O) groups excluding carboxylic acids is 1. The fourth-order valence-corrected chi connectivity index (χ4v) is 2.72. The smallest absolute Gasteiger partial charge is 0.321 e. The van der Waals surface area contributed by atoms with Gasteiger partial charge in [0.1, 0.15) is 11.5 Å². The zero-order chi connectivity index (χ0) is 16.8. The van der Waals surface area contributed by atoms with Gasteiger partial charge < -0.3 is 14.8 Å². The summed E-state index contributed by atoms with van der Waals surface area (Å²) in [5.41, 5.74) is 0.887. The number of urea groups is 1. The topological polar surface area (TPSA) is 72.5 Å². The van der Waals surface area contributed by atoms with Crippen LogP contribution in [0.2, 0.25) is 0 Å². The SMILES string of the molecule is COc1cc(CNC(=O)Nc2ncc(C(C)C)s2)cc(OC)c1. The molecule has 6 nitrogen and oxygen atoms in total. The maximum Gasteiger partial charge on any atom is 0.321 e. The third-order valence-corrected chi connectivity index (χ3v) is 4.39. The molecular weight excluding hydrogens is 314 g/mol. The number of ether oxygens (including phenoxy) is 2. The summed E-state index contributed by atoms with van der Waals surface area (Å²) in [5, 5.41) is 6.13. The first-order valence-corrected chi connectivity index (χ1v) is 8.06. The van der Waals surface area contributed by atoms with Gasteiger partial charge in [0.15, 0.2) is 5.13 Å². The first-order valence-electron chi connectivity index (χ1n) is 7.24. The molecule has 1 aromatic carbocycles. The average Bonchev–Trinajstić information content (AvgIpc) is 3.01. The van der Waals surface area contributed by atoms with Crippen LogP contribution in [-0.4, -0.2) is 25.2 Å². The van der Waals surface area contributed by atoms with Gasteiger partial charge in [-0.2, -0.15) is 0 Å². The van der Waals surface area contributed by atoms with Gasteiger partial charge in [-0.25, -0.2) is 9.78 Å². The molecule has 1 heterocycles. The summed E-state index contributed by atoms with van der Waals surface area (Å²) in [6.45, 7) is 4.54. The fourth-order valence-electron chi connectivity index (χ4n) is 1.90. The first kappa shape index (κ1) is 17.1. The third kappa shape index (κ3) is 4.85. The zero-order valence-corrected chi connectivity index (χ0v) is 14.5. The Bertz CT molecular complexity index is 648. The Morgan fingerprint density at radius 1 is 1.22 bits per heavy atom. The number of hydrogen-bond donors (Lipinski definition) is 2. The Labute approximate surface area is 139 Å². The molecule has 2 aromatic rings. The van der Waals surface area contributed by atoms with E-state index in [4.69, 9.17) is 9.47 Å². The van der Waals surface area contributed by atoms with Crippen LogP contribution in [0.1, 0.15) is 30.2 Å². The highest BCUT2D eigenvalue weighted by molar-refractivity contribution is 7.15. The standard InChI is InChI=1S/C16H21N3O3S/c1-10(2)14-9-18-16(23-14)19-15(20)17-8-11-5-12(21-3)7-13(6-11)22-4/h5-7,9-10H,8H2,1-4H3,(H2,17,18,19,20). The molecule has 0 fully saturated rings. The Balaban J connectivity index is 1.93. The Morgan fingerprint density at radius 2 is 1.87 bits per heavy atom. The van der Waals surface area contributed by atoms with E-state index in [2.05, 4.69) is 29.5 Å². The molecule has 2 amide bonds. The van der Waals surface area contributed by atoms with E-state index in [9.17, 15) is 4.79 Å². The van der Waals surface area contributed by atoms with Crippen molar-refractivity contribution in [2.75, 3.05) is 19.5 Å². The van der Waals surface area contributed by atoms with Gasteiger partial charge in [-0.3, -0.25) is 5.32 Å². The molecule has 0 bridgehead atoms. The van der Waals surface area contributed by atoms with Crippen LogP contribution in [0, 0.1) is 0 Å². The minimum Gasteiger partial charge on any atom is -0.497 e. The number of carbonyl (C=O) groups is 1. The summed E-state index contributed by atoms with van der Waals surface area (Å²) in [6, 6.07) is 5.19. The normalized spacial score (nSPS) is 10.5.